The first-order valence-corrected chi connectivity index (χ1v) is 14.7. The molecule has 5 nitrogen and oxygen atoms in total. The lowest BCUT2D eigenvalue weighted by molar-refractivity contribution is -0.138. The van der Waals surface area contributed by atoms with Crippen LogP contribution < -0.4 is 0 Å². The van der Waals surface area contributed by atoms with Gasteiger partial charge in [0.2, 0.25) is 5.91 Å². The molecule has 36 heavy (non-hydrogen) atoms. The Bertz CT molecular complexity index is 863. The zero-order valence-electron chi connectivity index (χ0n) is 21.9. The molecule has 4 rings (SSSR count). The summed E-state index contributed by atoms with van der Waals surface area (Å²) in [6.45, 7) is 9.01. The third kappa shape index (κ3) is 7.23. The maximum atomic E-state index is 13.3. The van der Waals surface area contributed by atoms with Crippen molar-refractivity contribution < 1.29 is 14.3 Å². The minimum absolute atomic E-state index is 0.0548. The molecule has 3 aliphatic rings. The first-order valence-electron chi connectivity index (χ1n) is 13.2. The Kier molecular flexibility index (Phi) is 10.7. The highest BCUT2D eigenvalue weighted by Crippen LogP contribution is 2.48. The van der Waals surface area contributed by atoms with E-state index in [-0.39, 0.29) is 34.2 Å². The smallest absolute Gasteiger partial charge is 0.410 e. The van der Waals surface area contributed by atoms with E-state index in [0.29, 0.717) is 12.5 Å². The Labute approximate surface area is 231 Å². The van der Waals surface area contributed by atoms with Crippen molar-refractivity contribution in [3.8, 4) is 0 Å². The van der Waals surface area contributed by atoms with Gasteiger partial charge in [-0.3, -0.25) is 9.69 Å². The summed E-state index contributed by atoms with van der Waals surface area (Å²) in [7, 11) is 0. The van der Waals surface area contributed by atoms with Crippen molar-refractivity contribution >= 4 is 46.8 Å². The summed E-state index contributed by atoms with van der Waals surface area (Å²) in [6, 6.07) is 7.79. The van der Waals surface area contributed by atoms with Crippen LogP contribution in [0.4, 0.5) is 4.79 Å². The van der Waals surface area contributed by atoms with Crippen LogP contribution >= 0.6 is 34.8 Å². The average molecular weight is 560 g/mol. The van der Waals surface area contributed by atoms with Crippen LogP contribution in [-0.2, 0) is 16.0 Å². The quantitative estimate of drug-likeness (QED) is 0.342. The normalized spacial score (nSPS) is 22.4. The molecule has 1 aliphatic carbocycles. The number of piperidine rings is 1. The van der Waals surface area contributed by atoms with Gasteiger partial charge in [-0.15, -0.1) is 23.2 Å². The number of alkyl halides is 2. The van der Waals surface area contributed by atoms with Gasteiger partial charge in [-0.2, -0.15) is 0 Å². The molecule has 2 amide bonds. The molecular formula is C28H41Cl3N2O3. The summed E-state index contributed by atoms with van der Waals surface area (Å²) in [5, 5.41) is 0.915. The number of nitrogens with zero attached hydrogens (tertiary/aromatic N) is 2. The molecule has 2 heterocycles. The largest absolute Gasteiger partial charge is 0.447 e. The maximum Gasteiger partial charge on any atom is 0.410 e. The third-order valence-electron chi connectivity index (χ3n) is 8.39. The lowest BCUT2D eigenvalue weighted by Crippen LogP contribution is -2.55. The number of hydrogen-bond donors (Lipinski definition) is 0. The van der Waals surface area contributed by atoms with E-state index in [1.165, 1.54) is 32.1 Å². The topological polar surface area (TPSA) is 49.9 Å². The second kappa shape index (κ2) is 13.1. The van der Waals surface area contributed by atoms with Gasteiger partial charge in [0, 0.05) is 30.6 Å². The van der Waals surface area contributed by atoms with Crippen LogP contribution in [0.15, 0.2) is 24.3 Å². The van der Waals surface area contributed by atoms with Crippen molar-refractivity contribution in [3.05, 3.63) is 34.9 Å². The number of likely N-dealkylation sites (tertiary alicyclic amines) is 1. The minimum atomic E-state index is -0.265. The van der Waals surface area contributed by atoms with Crippen molar-refractivity contribution in [2.75, 3.05) is 31.6 Å². The van der Waals surface area contributed by atoms with Gasteiger partial charge in [0.25, 0.3) is 0 Å². The number of carbonyl (C=O) groups excluding carboxylic acids is 2. The van der Waals surface area contributed by atoms with Crippen molar-refractivity contribution in [3.63, 3.8) is 0 Å². The number of amides is 2. The highest BCUT2D eigenvalue weighted by molar-refractivity contribution is 6.40. The van der Waals surface area contributed by atoms with Gasteiger partial charge in [0.15, 0.2) is 0 Å². The van der Waals surface area contributed by atoms with Gasteiger partial charge in [0.1, 0.15) is 6.61 Å². The summed E-state index contributed by atoms with van der Waals surface area (Å²) < 4.78 is 5.42. The van der Waals surface area contributed by atoms with Gasteiger partial charge in [0.05, 0.1) is 10.9 Å². The zero-order chi connectivity index (χ0) is 26.3. The molecule has 3 fully saturated rings. The zero-order valence-corrected chi connectivity index (χ0v) is 24.2. The maximum absolute atomic E-state index is 13.3. The molecule has 202 valence electrons. The number of carbonyl (C=O) groups is 2. The monoisotopic (exact) mass is 558 g/mol. The molecule has 1 aromatic rings. The Morgan fingerprint density at radius 1 is 1.08 bits per heavy atom. The highest BCUT2D eigenvalue weighted by atomic mass is 35.5. The first kappa shape index (κ1) is 29.4. The number of benzene rings is 1. The van der Waals surface area contributed by atoms with E-state index in [4.69, 9.17) is 39.5 Å². The van der Waals surface area contributed by atoms with Gasteiger partial charge in [-0.25, -0.2) is 4.79 Å². The van der Waals surface area contributed by atoms with E-state index >= 15 is 0 Å². The molecule has 0 spiro atoms. The Balaban J connectivity index is 0.00000115. The van der Waals surface area contributed by atoms with Gasteiger partial charge in [-0.05, 0) is 75.0 Å². The number of ether oxygens (including phenoxy) is 1. The summed E-state index contributed by atoms with van der Waals surface area (Å²) in [5.74, 6) is 0.808. The predicted octanol–water partition coefficient (Wildman–Crippen LogP) is 7.36. The molecule has 1 atom stereocenters. The van der Waals surface area contributed by atoms with Crippen LogP contribution in [0.1, 0.15) is 71.3 Å². The third-order valence-corrected chi connectivity index (χ3v) is 8.64. The molecule has 2 saturated heterocycles. The molecule has 8 heteroatoms. The van der Waals surface area contributed by atoms with Gasteiger partial charge < -0.3 is 9.64 Å². The van der Waals surface area contributed by atoms with E-state index in [1.54, 1.807) is 0 Å². The molecule has 0 radical (unpaired) electrons. The van der Waals surface area contributed by atoms with Crippen LogP contribution in [0.5, 0.6) is 0 Å². The predicted molar refractivity (Wildman–Crippen MR) is 148 cm³/mol. The summed E-state index contributed by atoms with van der Waals surface area (Å²) >= 11 is 15.5. The Morgan fingerprint density at radius 3 is 2.19 bits per heavy atom. The van der Waals surface area contributed by atoms with Gasteiger partial charge >= 0.3 is 6.09 Å². The molecule has 0 aromatic heterocycles. The van der Waals surface area contributed by atoms with Crippen LogP contribution in [0.3, 0.4) is 0 Å². The van der Waals surface area contributed by atoms with E-state index in [9.17, 15) is 9.59 Å². The van der Waals surface area contributed by atoms with Crippen molar-refractivity contribution in [1.82, 2.24) is 9.80 Å². The van der Waals surface area contributed by atoms with E-state index < -0.39 is 0 Å². The number of halogens is 3. The molecule has 1 saturated carbocycles. The SMILES string of the molecule is C[C@H](Cc1ccc(Cl)cc1)C(=O)N1CCC(CN2C(=O)OCC2(C)C)(C2CCCCC2)CC1.ClCCl. The van der Waals surface area contributed by atoms with Gasteiger partial charge in [-0.1, -0.05) is 49.9 Å². The summed E-state index contributed by atoms with van der Waals surface area (Å²) in [4.78, 5) is 29.9. The van der Waals surface area contributed by atoms with Crippen LogP contribution in [0.25, 0.3) is 0 Å². The summed E-state index contributed by atoms with van der Waals surface area (Å²) in [5.41, 5.74) is 0.958. The lowest BCUT2D eigenvalue weighted by Gasteiger charge is -2.50. The van der Waals surface area contributed by atoms with Crippen LogP contribution in [0, 0.1) is 17.3 Å². The highest BCUT2D eigenvalue weighted by Gasteiger charge is 2.49. The first-order chi connectivity index (χ1) is 17.1. The second-order valence-corrected chi connectivity index (χ2v) is 12.6. The lowest BCUT2D eigenvalue weighted by atomic mass is 9.63. The fraction of sp³-hybridized carbons (Fsp3) is 0.714. The number of cyclic esters (lactones) is 1. The molecule has 0 N–H and O–H groups in total. The van der Waals surface area contributed by atoms with Crippen molar-refractivity contribution in [2.45, 2.75) is 77.7 Å². The average Bonchev–Trinajstić information content (AvgIpc) is 3.13. The van der Waals surface area contributed by atoms with Crippen LogP contribution in [0.2, 0.25) is 5.02 Å². The van der Waals surface area contributed by atoms with Crippen LogP contribution in [-0.4, -0.2) is 58.9 Å². The van der Waals surface area contributed by atoms with Crippen molar-refractivity contribution in [2.24, 2.45) is 17.3 Å². The van der Waals surface area contributed by atoms with E-state index in [2.05, 4.69) is 18.7 Å². The minimum Gasteiger partial charge on any atom is -0.447 e. The standard InChI is InChI=1S/C27H39ClN2O3.CH2Cl2/c1-20(17-21-9-11-23(28)12-10-21)24(31)29-15-13-27(14-16-29,22-7-5-4-6-8-22)18-30-25(32)33-19-26(30,2)3;2-1-3/h9-12,20,22H,4-8,13-19H2,1-3H3;1H2/t20-;/m1./s1. The second-order valence-electron chi connectivity index (χ2n) is 11.3. The molecule has 2 aliphatic heterocycles. The van der Waals surface area contributed by atoms with E-state index in [0.717, 1.165) is 49.5 Å². The Hall–Kier alpha value is -1.17. The number of hydrogen-bond acceptors (Lipinski definition) is 3. The summed E-state index contributed by atoms with van der Waals surface area (Å²) in [6.07, 6.45) is 8.85. The van der Waals surface area contributed by atoms with Crippen molar-refractivity contribution in [1.29, 1.82) is 0 Å². The molecule has 0 unspecified atom stereocenters. The fourth-order valence-corrected chi connectivity index (χ4v) is 6.32. The number of rotatable bonds is 6. The molecular weight excluding hydrogens is 519 g/mol. The van der Waals surface area contributed by atoms with E-state index in [1.807, 2.05) is 36.1 Å². The Morgan fingerprint density at radius 2 is 1.67 bits per heavy atom. The fourth-order valence-electron chi connectivity index (χ4n) is 6.19. The molecule has 0 bridgehead atoms. The molecule has 1 aromatic carbocycles.